The van der Waals surface area contributed by atoms with Crippen molar-refractivity contribution < 1.29 is 14.8 Å². The number of aromatic nitrogens is 1. The first kappa shape index (κ1) is 12.6. The van der Waals surface area contributed by atoms with Crippen molar-refractivity contribution in [3.8, 4) is 0 Å². The van der Waals surface area contributed by atoms with Crippen LogP contribution in [0.5, 0.6) is 0 Å². The molecule has 18 heavy (non-hydrogen) atoms. The summed E-state index contributed by atoms with van der Waals surface area (Å²) in [4.78, 5) is 22.2. The Kier molecular flexibility index (Phi) is 3.33. The van der Waals surface area contributed by atoms with Crippen molar-refractivity contribution in [3.05, 3.63) is 28.1 Å². The van der Waals surface area contributed by atoms with Crippen molar-refractivity contribution in [1.29, 1.82) is 0 Å². The number of hydrogen-bond acceptors (Lipinski definition) is 4. The van der Waals surface area contributed by atoms with Crippen LogP contribution in [0.3, 0.4) is 0 Å². The van der Waals surface area contributed by atoms with E-state index < -0.39 is 10.8 Å². The monoisotopic (exact) mass is 253 g/mol. The average molecular weight is 253 g/mol. The average Bonchev–Trinajstić information content (AvgIpc) is 3.07. The quantitative estimate of drug-likeness (QED) is 0.600. The number of nitrogens with one attached hydrogen (secondary N) is 1. The fraction of sp³-hybridized carbons (Fsp3) is 0.545. The van der Waals surface area contributed by atoms with Crippen LogP contribution in [0.4, 0.5) is 5.69 Å². The lowest BCUT2D eigenvalue weighted by atomic mass is 10.3. The molecule has 2 rings (SSSR count). The Labute approximate surface area is 104 Å². The molecule has 1 aromatic rings. The van der Waals surface area contributed by atoms with E-state index in [9.17, 15) is 14.9 Å². The molecule has 1 heterocycles. The predicted octanol–water partition coefficient (Wildman–Crippen LogP) is 0.842. The molecule has 7 nitrogen and oxygen atoms in total. The summed E-state index contributed by atoms with van der Waals surface area (Å²) < 4.78 is 1.65. The van der Waals surface area contributed by atoms with Crippen LogP contribution in [-0.4, -0.2) is 33.2 Å². The number of hydrogen-bond donors (Lipinski definition) is 2. The van der Waals surface area contributed by atoms with Gasteiger partial charge < -0.3 is 15.0 Å². The fourth-order valence-electron chi connectivity index (χ4n) is 1.74. The van der Waals surface area contributed by atoms with Gasteiger partial charge in [0.25, 0.3) is 11.6 Å². The molecule has 1 atom stereocenters. The molecule has 1 fully saturated rings. The van der Waals surface area contributed by atoms with Gasteiger partial charge in [-0.25, -0.2) is 0 Å². The van der Waals surface area contributed by atoms with Crippen LogP contribution in [0, 0.1) is 10.1 Å². The van der Waals surface area contributed by atoms with Crippen molar-refractivity contribution in [1.82, 2.24) is 9.88 Å². The number of rotatable bonds is 5. The van der Waals surface area contributed by atoms with E-state index in [1.165, 1.54) is 12.3 Å². The first-order chi connectivity index (χ1) is 8.52. The lowest BCUT2D eigenvalue weighted by Crippen LogP contribution is -2.36. The van der Waals surface area contributed by atoms with Gasteiger partial charge in [-0.2, -0.15) is 0 Å². The van der Waals surface area contributed by atoms with E-state index in [1.807, 2.05) is 0 Å². The van der Waals surface area contributed by atoms with Crippen LogP contribution >= 0.6 is 0 Å². The SMILES string of the molecule is CC(CO)NC(=O)c1cc([N+](=O)[O-])cn1C1CC1. The normalized spacial score (nSPS) is 16.3. The molecule has 1 unspecified atom stereocenters. The minimum atomic E-state index is -0.509. The Balaban J connectivity index is 2.24. The van der Waals surface area contributed by atoms with E-state index in [2.05, 4.69) is 5.32 Å². The van der Waals surface area contributed by atoms with E-state index in [-0.39, 0.29) is 30.1 Å². The molecule has 0 saturated heterocycles. The van der Waals surface area contributed by atoms with Gasteiger partial charge >= 0.3 is 0 Å². The molecule has 1 aliphatic carbocycles. The van der Waals surface area contributed by atoms with E-state index in [0.29, 0.717) is 0 Å². The Morgan fingerprint density at radius 1 is 1.72 bits per heavy atom. The maximum Gasteiger partial charge on any atom is 0.287 e. The summed E-state index contributed by atoms with van der Waals surface area (Å²) in [6, 6.07) is 1.08. The van der Waals surface area contributed by atoms with E-state index in [1.54, 1.807) is 11.5 Å². The molecule has 1 amide bonds. The van der Waals surface area contributed by atoms with Crippen LogP contribution in [0.25, 0.3) is 0 Å². The zero-order valence-corrected chi connectivity index (χ0v) is 10.00. The highest BCUT2D eigenvalue weighted by Gasteiger charge is 2.30. The Hall–Kier alpha value is -1.89. The summed E-state index contributed by atoms with van der Waals surface area (Å²) in [5, 5.41) is 22.2. The molecule has 0 aliphatic heterocycles. The highest BCUT2D eigenvalue weighted by molar-refractivity contribution is 5.93. The second-order valence-electron chi connectivity index (χ2n) is 4.54. The fourth-order valence-corrected chi connectivity index (χ4v) is 1.74. The lowest BCUT2D eigenvalue weighted by Gasteiger charge is -2.12. The topological polar surface area (TPSA) is 97.4 Å². The van der Waals surface area contributed by atoms with Gasteiger partial charge in [0.15, 0.2) is 0 Å². The molecule has 1 aromatic heterocycles. The number of aliphatic hydroxyl groups is 1. The minimum Gasteiger partial charge on any atom is -0.394 e. The summed E-state index contributed by atoms with van der Waals surface area (Å²) in [5.41, 5.74) is 0.202. The highest BCUT2D eigenvalue weighted by atomic mass is 16.6. The molecular formula is C11H15N3O4. The summed E-state index contributed by atoms with van der Waals surface area (Å²) in [6.45, 7) is 1.49. The van der Waals surface area contributed by atoms with Crippen molar-refractivity contribution >= 4 is 11.6 Å². The van der Waals surface area contributed by atoms with Crippen LogP contribution in [0.15, 0.2) is 12.3 Å². The van der Waals surface area contributed by atoms with Gasteiger partial charge in [-0.05, 0) is 19.8 Å². The standard InChI is InChI=1S/C11H15N3O4/c1-7(6-15)12-11(16)10-4-9(14(17)18)5-13(10)8-2-3-8/h4-5,7-8,15H,2-3,6H2,1H3,(H,12,16). The Bertz CT molecular complexity index is 479. The molecule has 1 aliphatic rings. The number of nitro groups is 1. The molecule has 0 aromatic carbocycles. The van der Waals surface area contributed by atoms with Gasteiger partial charge in [-0.3, -0.25) is 14.9 Å². The number of carbonyl (C=O) groups excluding carboxylic acids is 1. The van der Waals surface area contributed by atoms with Crippen molar-refractivity contribution in [2.75, 3.05) is 6.61 Å². The maximum atomic E-state index is 11.9. The van der Waals surface area contributed by atoms with Crippen molar-refractivity contribution in [2.24, 2.45) is 0 Å². The Morgan fingerprint density at radius 3 is 2.89 bits per heavy atom. The lowest BCUT2D eigenvalue weighted by molar-refractivity contribution is -0.384. The number of aliphatic hydroxyl groups excluding tert-OH is 1. The third-order valence-corrected chi connectivity index (χ3v) is 2.87. The van der Waals surface area contributed by atoms with E-state index >= 15 is 0 Å². The number of nitrogens with zero attached hydrogens (tertiary/aromatic N) is 2. The first-order valence-corrected chi connectivity index (χ1v) is 5.81. The Morgan fingerprint density at radius 2 is 2.39 bits per heavy atom. The van der Waals surface area contributed by atoms with Gasteiger partial charge in [0.1, 0.15) is 5.69 Å². The van der Waals surface area contributed by atoms with Crippen LogP contribution in [0.1, 0.15) is 36.3 Å². The molecule has 1 saturated carbocycles. The molecular weight excluding hydrogens is 238 g/mol. The molecule has 0 bridgehead atoms. The van der Waals surface area contributed by atoms with E-state index in [4.69, 9.17) is 5.11 Å². The predicted molar refractivity (Wildman–Crippen MR) is 63.4 cm³/mol. The minimum absolute atomic E-state index is 0.0799. The highest BCUT2D eigenvalue weighted by Crippen LogP contribution is 2.37. The first-order valence-electron chi connectivity index (χ1n) is 5.81. The molecule has 0 radical (unpaired) electrons. The van der Waals surface area contributed by atoms with Crippen LogP contribution in [0.2, 0.25) is 0 Å². The van der Waals surface area contributed by atoms with Crippen LogP contribution in [-0.2, 0) is 0 Å². The zero-order chi connectivity index (χ0) is 13.3. The van der Waals surface area contributed by atoms with E-state index in [0.717, 1.165) is 12.8 Å². The second kappa shape index (κ2) is 4.77. The third kappa shape index (κ3) is 2.51. The van der Waals surface area contributed by atoms with Gasteiger partial charge in [-0.1, -0.05) is 0 Å². The van der Waals surface area contributed by atoms with Crippen molar-refractivity contribution in [3.63, 3.8) is 0 Å². The van der Waals surface area contributed by atoms with Gasteiger partial charge in [0, 0.05) is 18.2 Å². The second-order valence-corrected chi connectivity index (χ2v) is 4.54. The van der Waals surface area contributed by atoms with Crippen LogP contribution < -0.4 is 5.32 Å². The summed E-state index contributed by atoms with van der Waals surface area (Å²) >= 11 is 0. The third-order valence-electron chi connectivity index (χ3n) is 2.87. The smallest absolute Gasteiger partial charge is 0.287 e. The van der Waals surface area contributed by atoms with Gasteiger partial charge in [0.2, 0.25) is 0 Å². The largest absolute Gasteiger partial charge is 0.394 e. The number of amides is 1. The molecule has 7 heteroatoms. The summed E-state index contributed by atoms with van der Waals surface area (Å²) in [7, 11) is 0. The van der Waals surface area contributed by atoms with Crippen molar-refractivity contribution in [2.45, 2.75) is 31.8 Å². The molecule has 98 valence electrons. The van der Waals surface area contributed by atoms with Gasteiger partial charge in [0.05, 0.1) is 17.7 Å². The summed E-state index contributed by atoms with van der Waals surface area (Å²) in [5.74, 6) is -0.392. The maximum absolute atomic E-state index is 11.9. The zero-order valence-electron chi connectivity index (χ0n) is 10.00. The molecule has 2 N–H and O–H groups in total. The summed E-state index contributed by atoms with van der Waals surface area (Å²) in [6.07, 6.45) is 3.26. The molecule has 0 spiro atoms. The number of carbonyl (C=O) groups is 1. The van der Waals surface area contributed by atoms with Gasteiger partial charge in [-0.15, -0.1) is 0 Å².